The fourth-order valence-electron chi connectivity index (χ4n) is 3.42. The topological polar surface area (TPSA) is 50.2 Å². The molecular weight excluding hydrogens is 288 g/mol. The number of hydrogen-bond acceptors (Lipinski definition) is 2. The minimum Gasteiger partial charge on any atom is -0.331 e. The molecule has 23 heavy (non-hydrogen) atoms. The van der Waals surface area contributed by atoms with Crippen molar-refractivity contribution in [3.63, 3.8) is 0 Å². The molecule has 1 aliphatic carbocycles. The summed E-state index contributed by atoms with van der Waals surface area (Å²) >= 11 is 0. The van der Waals surface area contributed by atoms with Gasteiger partial charge >= 0.3 is 6.03 Å². The predicted molar refractivity (Wildman–Crippen MR) is 88.2 cm³/mol. The maximum Gasteiger partial charge on any atom is 0.317 e. The highest BCUT2D eigenvalue weighted by Gasteiger charge is 2.28. The number of fused-ring (bicyclic) bond motifs is 1. The number of urea groups is 1. The van der Waals surface area contributed by atoms with Gasteiger partial charge in [-0.1, -0.05) is 30.3 Å². The number of likely N-dealkylation sites (tertiary alicyclic amines) is 1. The van der Waals surface area contributed by atoms with Gasteiger partial charge in [0.15, 0.2) is 0 Å². The average molecular weight is 310 g/mol. The summed E-state index contributed by atoms with van der Waals surface area (Å²) in [5, 5.41) is 7.77. The molecule has 2 aliphatic rings. The van der Waals surface area contributed by atoms with Gasteiger partial charge in [-0.25, -0.2) is 4.79 Å². The van der Waals surface area contributed by atoms with Crippen LogP contribution in [0.3, 0.4) is 0 Å². The van der Waals surface area contributed by atoms with Gasteiger partial charge in [-0.2, -0.15) is 5.10 Å². The van der Waals surface area contributed by atoms with E-state index in [9.17, 15) is 4.79 Å². The average Bonchev–Trinajstić information content (AvgIpc) is 2.91. The number of nitrogens with zero attached hydrogens (tertiary/aromatic N) is 3. The van der Waals surface area contributed by atoms with Gasteiger partial charge in [-0.15, -0.1) is 0 Å². The van der Waals surface area contributed by atoms with Gasteiger partial charge in [0.2, 0.25) is 0 Å². The highest BCUT2D eigenvalue weighted by atomic mass is 16.2. The van der Waals surface area contributed by atoms with E-state index < -0.39 is 0 Å². The molecule has 1 aromatic carbocycles. The van der Waals surface area contributed by atoms with E-state index in [1.807, 2.05) is 17.2 Å². The second-order valence-corrected chi connectivity index (χ2v) is 6.42. The Morgan fingerprint density at radius 3 is 2.78 bits per heavy atom. The summed E-state index contributed by atoms with van der Waals surface area (Å²) in [6, 6.07) is 10.6. The van der Waals surface area contributed by atoms with Gasteiger partial charge in [0, 0.05) is 24.3 Å². The first kappa shape index (κ1) is 14.3. The van der Waals surface area contributed by atoms with Gasteiger partial charge in [0.25, 0.3) is 0 Å². The van der Waals surface area contributed by atoms with Crippen LogP contribution in [0.25, 0.3) is 0 Å². The Kier molecular flexibility index (Phi) is 3.77. The maximum absolute atomic E-state index is 12.2. The number of carbonyl (C=O) groups excluding carboxylic acids is 1. The first-order valence-electron chi connectivity index (χ1n) is 8.45. The molecular formula is C18H22N4O. The zero-order valence-electron chi connectivity index (χ0n) is 13.2. The minimum atomic E-state index is 0.0740. The lowest BCUT2D eigenvalue weighted by Crippen LogP contribution is -2.49. The number of rotatable bonds is 3. The third-order valence-corrected chi connectivity index (χ3v) is 4.88. The summed E-state index contributed by atoms with van der Waals surface area (Å²) in [4.78, 5) is 14.1. The summed E-state index contributed by atoms with van der Waals surface area (Å²) in [6.07, 6.45) is 6.21. The van der Waals surface area contributed by atoms with Crippen molar-refractivity contribution in [3.8, 4) is 0 Å². The zero-order valence-corrected chi connectivity index (χ0v) is 13.2. The SMILES string of the molecule is O=C(N[C@@H]1CCCc2c1cnn2Cc1ccccc1)N1CCC1. The molecule has 2 heterocycles. The molecule has 2 amide bonds. The van der Waals surface area contributed by atoms with Crippen molar-refractivity contribution in [2.24, 2.45) is 0 Å². The number of hydrogen-bond donors (Lipinski definition) is 1. The molecule has 1 aliphatic heterocycles. The Hall–Kier alpha value is -2.30. The number of benzene rings is 1. The highest BCUT2D eigenvalue weighted by Crippen LogP contribution is 2.30. The Balaban J connectivity index is 1.51. The van der Waals surface area contributed by atoms with Crippen LogP contribution in [0.5, 0.6) is 0 Å². The number of nitrogens with one attached hydrogen (secondary N) is 1. The summed E-state index contributed by atoms with van der Waals surface area (Å²) in [7, 11) is 0. The molecule has 0 saturated carbocycles. The first-order valence-corrected chi connectivity index (χ1v) is 8.45. The van der Waals surface area contributed by atoms with Gasteiger partial charge in [-0.05, 0) is 31.2 Å². The van der Waals surface area contributed by atoms with E-state index in [1.165, 1.54) is 16.8 Å². The van der Waals surface area contributed by atoms with Crippen LogP contribution in [0.4, 0.5) is 4.79 Å². The Morgan fingerprint density at radius 1 is 1.22 bits per heavy atom. The van der Waals surface area contributed by atoms with Crippen LogP contribution < -0.4 is 5.32 Å². The summed E-state index contributed by atoms with van der Waals surface area (Å²) in [5.74, 6) is 0. The van der Waals surface area contributed by atoms with Crippen LogP contribution in [0.15, 0.2) is 36.5 Å². The molecule has 1 N–H and O–H groups in total. The van der Waals surface area contributed by atoms with Crippen molar-refractivity contribution in [2.75, 3.05) is 13.1 Å². The summed E-state index contributed by atoms with van der Waals surface area (Å²) in [6.45, 7) is 2.57. The standard InChI is InChI=1S/C18H22N4O/c23-18(21-10-5-11-21)20-16-8-4-9-17-15(16)12-19-22(17)13-14-6-2-1-3-7-14/h1-3,6-7,12,16H,4-5,8-11,13H2,(H,20,23)/t16-/m1/s1. The molecule has 4 rings (SSSR count). The maximum atomic E-state index is 12.2. The van der Waals surface area contributed by atoms with Crippen LogP contribution in [0.1, 0.15) is 42.1 Å². The molecule has 5 heteroatoms. The third kappa shape index (κ3) is 2.83. The monoisotopic (exact) mass is 310 g/mol. The lowest BCUT2D eigenvalue weighted by atomic mass is 9.93. The van der Waals surface area contributed by atoms with Crippen molar-refractivity contribution < 1.29 is 4.79 Å². The molecule has 1 aromatic heterocycles. The highest BCUT2D eigenvalue weighted by molar-refractivity contribution is 5.75. The van der Waals surface area contributed by atoms with E-state index >= 15 is 0 Å². The van der Waals surface area contributed by atoms with E-state index in [0.717, 1.165) is 45.3 Å². The summed E-state index contributed by atoms with van der Waals surface area (Å²) < 4.78 is 2.09. The van der Waals surface area contributed by atoms with Crippen molar-refractivity contribution in [2.45, 2.75) is 38.3 Å². The van der Waals surface area contributed by atoms with Gasteiger partial charge in [-0.3, -0.25) is 4.68 Å². The van der Waals surface area contributed by atoms with E-state index in [4.69, 9.17) is 0 Å². The second-order valence-electron chi connectivity index (χ2n) is 6.42. The van der Waals surface area contributed by atoms with Crippen LogP contribution in [-0.4, -0.2) is 33.8 Å². The summed E-state index contributed by atoms with van der Waals surface area (Å²) in [5.41, 5.74) is 3.72. The molecule has 0 radical (unpaired) electrons. The van der Waals surface area contributed by atoms with Crippen molar-refractivity contribution in [3.05, 3.63) is 53.3 Å². The van der Waals surface area contributed by atoms with Crippen LogP contribution in [0.2, 0.25) is 0 Å². The van der Waals surface area contributed by atoms with Crippen molar-refractivity contribution >= 4 is 6.03 Å². The number of aromatic nitrogens is 2. The molecule has 0 unspecified atom stereocenters. The molecule has 1 saturated heterocycles. The van der Waals surface area contributed by atoms with E-state index in [2.05, 4.69) is 39.4 Å². The molecule has 0 spiro atoms. The van der Waals surface area contributed by atoms with Crippen molar-refractivity contribution in [1.82, 2.24) is 20.0 Å². The quantitative estimate of drug-likeness (QED) is 0.947. The Bertz CT molecular complexity index is 690. The van der Waals surface area contributed by atoms with Crippen LogP contribution in [0, 0.1) is 0 Å². The van der Waals surface area contributed by atoms with Gasteiger partial charge in [0.05, 0.1) is 18.8 Å². The lowest BCUT2D eigenvalue weighted by Gasteiger charge is -2.33. The molecule has 1 atom stereocenters. The molecule has 5 nitrogen and oxygen atoms in total. The van der Waals surface area contributed by atoms with Crippen molar-refractivity contribution in [1.29, 1.82) is 0 Å². The largest absolute Gasteiger partial charge is 0.331 e. The Morgan fingerprint density at radius 2 is 2.04 bits per heavy atom. The predicted octanol–water partition coefficient (Wildman–Crippen LogP) is 2.72. The van der Waals surface area contributed by atoms with E-state index in [0.29, 0.717) is 0 Å². The first-order chi connectivity index (χ1) is 11.3. The fourth-order valence-corrected chi connectivity index (χ4v) is 3.42. The zero-order chi connectivity index (χ0) is 15.6. The normalized spacial score (nSPS) is 19.8. The van der Waals surface area contributed by atoms with Gasteiger partial charge in [0.1, 0.15) is 0 Å². The Labute approximate surface area is 136 Å². The molecule has 0 bridgehead atoms. The number of amides is 2. The van der Waals surface area contributed by atoms with Crippen LogP contribution >= 0.6 is 0 Å². The molecule has 120 valence electrons. The second kappa shape index (κ2) is 6.07. The third-order valence-electron chi connectivity index (χ3n) is 4.88. The van der Waals surface area contributed by atoms with Gasteiger partial charge < -0.3 is 10.2 Å². The molecule has 1 fully saturated rings. The molecule has 2 aromatic rings. The van der Waals surface area contributed by atoms with E-state index in [-0.39, 0.29) is 12.1 Å². The number of carbonyl (C=O) groups is 1. The lowest BCUT2D eigenvalue weighted by molar-refractivity contribution is 0.162. The van der Waals surface area contributed by atoms with E-state index in [1.54, 1.807) is 0 Å². The smallest absolute Gasteiger partial charge is 0.317 e. The van der Waals surface area contributed by atoms with Crippen LogP contribution in [-0.2, 0) is 13.0 Å². The fraction of sp³-hybridized carbons (Fsp3) is 0.444. The minimum absolute atomic E-state index is 0.0740.